The van der Waals surface area contributed by atoms with Crippen LogP contribution in [0, 0.1) is 15.9 Å². The van der Waals surface area contributed by atoms with Crippen molar-refractivity contribution in [3.8, 4) is 0 Å². The fourth-order valence-electron chi connectivity index (χ4n) is 3.40. The molecule has 1 unspecified atom stereocenters. The van der Waals surface area contributed by atoms with Crippen LogP contribution in [-0.2, 0) is 4.79 Å². The molecule has 0 aliphatic heterocycles. The summed E-state index contributed by atoms with van der Waals surface area (Å²) < 4.78 is 13.5. The number of carbonyl (C=O) groups excluding carboxylic acids is 2. The summed E-state index contributed by atoms with van der Waals surface area (Å²) in [6, 6.07) is 25.5. The highest BCUT2D eigenvalue weighted by Gasteiger charge is 2.22. The first-order valence-corrected chi connectivity index (χ1v) is 12.2. The molecule has 0 spiro atoms. The zero-order chi connectivity index (χ0) is 26.4. The van der Waals surface area contributed by atoms with Crippen molar-refractivity contribution in [3.05, 3.63) is 129 Å². The van der Waals surface area contributed by atoms with Crippen molar-refractivity contribution in [1.82, 2.24) is 0 Å². The Balaban J connectivity index is 1.48. The highest BCUT2D eigenvalue weighted by atomic mass is 35.5. The van der Waals surface area contributed by atoms with Gasteiger partial charge in [0.2, 0.25) is 5.91 Å². The topological polar surface area (TPSA) is 101 Å². The van der Waals surface area contributed by atoms with Gasteiger partial charge < -0.3 is 10.6 Å². The average molecular weight is 536 g/mol. The third kappa shape index (κ3) is 6.72. The summed E-state index contributed by atoms with van der Waals surface area (Å²) >= 11 is 7.14. The van der Waals surface area contributed by atoms with Crippen molar-refractivity contribution >= 4 is 52.2 Å². The van der Waals surface area contributed by atoms with E-state index in [9.17, 15) is 24.1 Å². The summed E-state index contributed by atoms with van der Waals surface area (Å²) in [4.78, 5) is 36.9. The minimum atomic E-state index is -0.629. The second kappa shape index (κ2) is 11.7. The molecule has 0 aliphatic rings. The van der Waals surface area contributed by atoms with E-state index in [1.165, 1.54) is 54.2 Å². The number of carbonyl (C=O) groups is 2. The number of amides is 2. The van der Waals surface area contributed by atoms with E-state index in [0.717, 1.165) is 10.5 Å². The van der Waals surface area contributed by atoms with Gasteiger partial charge in [-0.05, 0) is 54.1 Å². The number of halogens is 2. The number of nitro benzene ring substituents is 1. The molecule has 0 heterocycles. The SMILES string of the molecule is O=C(Nc1ccc(SC(C(=O)Nc2ccc(F)c(Cl)c2)c2ccccc2)cc1)c1cccc([N+](=O)[O-])c1. The molecular weight excluding hydrogens is 517 g/mol. The third-order valence-corrected chi connectivity index (χ3v) is 6.77. The Morgan fingerprint density at radius 3 is 2.24 bits per heavy atom. The molecule has 1 atom stereocenters. The van der Waals surface area contributed by atoms with Crippen LogP contribution in [0.15, 0.2) is 102 Å². The largest absolute Gasteiger partial charge is 0.325 e. The van der Waals surface area contributed by atoms with E-state index >= 15 is 0 Å². The molecule has 10 heteroatoms. The van der Waals surface area contributed by atoms with Crippen molar-refractivity contribution in [2.24, 2.45) is 0 Å². The number of nitrogens with one attached hydrogen (secondary N) is 2. The zero-order valence-electron chi connectivity index (χ0n) is 19.1. The maximum Gasteiger partial charge on any atom is 0.270 e. The molecule has 0 fully saturated rings. The summed E-state index contributed by atoms with van der Waals surface area (Å²) in [5.41, 5.74) is 1.61. The van der Waals surface area contributed by atoms with Gasteiger partial charge in [-0.25, -0.2) is 4.39 Å². The fourth-order valence-corrected chi connectivity index (χ4v) is 4.60. The summed E-state index contributed by atoms with van der Waals surface area (Å²) in [5.74, 6) is -1.38. The molecule has 7 nitrogen and oxygen atoms in total. The van der Waals surface area contributed by atoms with E-state index in [2.05, 4.69) is 10.6 Å². The molecule has 4 rings (SSSR count). The van der Waals surface area contributed by atoms with Crippen molar-refractivity contribution in [1.29, 1.82) is 0 Å². The minimum absolute atomic E-state index is 0.0931. The summed E-state index contributed by atoms with van der Waals surface area (Å²) in [6.45, 7) is 0. The van der Waals surface area contributed by atoms with Gasteiger partial charge in [0.05, 0.1) is 9.95 Å². The maximum absolute atomic E-state index is 13.5. The van der Waals surface area contributed by atoms with Crippen LogP contribution in [0.3, 0.4) is 0 Å². The van der Waals surface area contributed by atoms with Crippen molar-refractivity contribution < 1.29 is 18.9 Å². The fraction of sp³-hybridized carbons (Fsp3) is 0.0370. The van der Waals surface area contributed by atoms with Crippen molar-refractivity contribution in [2.75, 3.05) is 10.6 Å². The van der Waals surface area contributed by atoms with Crippen molar-refractivity contribution in [2.45, 2.75) is 10.1 Å². The molecular formula is C27H19ClFN3O4S. The van der Waals surface area contributed by atoms with Gasteiger partial charge in [-0.15, -0.1) is 11.8 Å². The monoisotopic (exact) mass is 535 g/mol. The normalized spacial score (nSPS) is 11.4. The van der Waals surface area contributed by atoms with Gasteiger partial charge in [-0.2, -0.15) is 0 Å². The standard InChI is InChI=1S/C27H19ClFN3O4S/c28-23-16-20(11-14-24(23)29)31-27(34)25(17-5-2-1-3-6-17)37-22-12-9-19(10-13-22)30-26(33)18-7-4-8-21(15-18)32(35)36/h1-16,25H,(H,30,33)(H,31,34). The number of thioether (sulfide) groups is 1. The van der Waals surface area contributed by atoms with Gasteiger partial charge in [0.1, 0.15) is 11.1 Å². The van der Waals surface area contributed by atoms with Crippen LogP contribution in [0.4, 0.5) is 21.5 Å². The second-order valence-electron chi connectivity index (χ2n) is 7.81. The summed E-state index contributed by atoms with van der Waals surface area (Å²) in [5, 5.41) is 15.7. The average Bonchev–Trinajstić information content (AvgIpc) is 2.90. The lowest BCUT2D eigenvalue weighted by molar-refractivity contribution is -0.384. The Bertz CT molecular complexity index is 1450. The molecule has 0 bridgehead atoms. The number of anilines is 2. The van der Waals surface area contributed by atoms with Gasteiger partial charge >= 0.3 is 0 Å². The smallest absolute Gasteiger partial charge is 0.270 e. The molecule has 37 heavy (non-hydrogen) atoms. The molecule has 0 radical (unpaired) electrons. The highest BCUT2D eigenvalue weighted by molar-refractivity contribution is 8.00. The van der Waals surface area contributed by atoms with Crippen LogP contribution < -0.4 is 10.6 Å². The minimum Gasteiger partial charge on any atom is -0.325 e. The zero-order valence-corrected chi connectivity index (χ0v) is 20.6. The molecule has 2 N–H and O–H groups in total. The van der Waals surface area contributed by atoms with Gasteiger partial charge in [-0.1, -0.05) is 48.0 Å². The van der Waals surface area contributed by atoms with E-state index in [-0.39, 0.29) is 22.2 Å². The Morgan fingerprint density at radius 2 is 1.57 bits per heavy atom. The lowest BCUT2D eigenvalue weighted by Crippen LogP contribution is -2.19. The molecule has 2 amide bonds. The predicted octanol–water partition coefficient (Wildman–Crippen LogP) is 7.11. The van der Waals surface area contributed by atoms with Crippen LogP contribution in [0.2, 0.25) is 5.02 Å². The molecule has 4 aromatic rings. The van der Waals surface area contributed by atoms with E-state index in [1.807, 2.05) is 30.3 Å². The Kier molecular flexibility index (Phi) is 8.17. The molecule has 0 aromatic heterocycles. The molecule has 0 aliphatic carbocycles. The molecule has 4 aromatic carbocycles. The van der Waals surface area contributed by atoms with Crippen LogP contribution in [0.25, 0.3) is 0 Å². The summed E-state index contributed by atoms with van der Waals surface area (Å²) in [7, 11) is 0. The van der Waals surface area contributed by atoms with E-state index < -0.39 is 21.9 Å². The van der Waals surface area contributed by atoms with Crippen LogP contribution >= 0.6 is 23.4 Å². The van der Waals surface area contributed by atoms with E-state index in [0.29, 0.717) is 11.4 Å². The Hall–Kier alpha value is -4.21. The maximum atomic E-state index is 13.5. The van der Waals surface area contributed by atoms with Gasteiger partial charge in [0.15, 0.2) is 0 Å². The predicted molar refractivity (Wildman–Crippen MR) is 143 cm³/mol. The quantitative estimate of drug-likeness (QED) is 0.142. The van der Waals surface area contributed by atoms with Gasteiger partial charge in [0, 0.05) is 34.0 Å². The second-order valence-corrected chi connectivity index (χ2v) is 9.40. The first kappa shape index (κ1) is 25.9. The lowest BCUT2D eigenvalue weighted by Gasteiger charge is -2.17. The first-order chi connectivity index (χ1) is 17.8. The van der Waals surface area contributed by atoms with E-state index in [4.69, 9.17) is 11.6 Å². The van der Waals surface area contributed by atoms with Gasteiger partial charge in [0.25, 0.3) is 11.6 Å². The lowest BCUT2D eigenvalue weighted by atomic mass is 10.1. The molecule has 0 saturated heterocycles. The number of hydrogen-bond donors (Lipinski definition) is 2. The number of hydrogen-bond acceptors (Lipinski definition) is 5. The van der Waals surface area contributed by atoms with Crippen LogP contribution in [0.1, 0.15) is 21.2 Å². The van der Waals surface area contributed by atoms with E-state index in [1.54, 1.807) is 24.3 Å². The summed E-state index contributed by atoms with van der Waals surface area (Å²) in [6.07, 6.45) is 0. The number of benzene rings is 4. The Morgan fingerprint density at radius 1 is 0.865 bits per heavy atom. The van der Waals surface area contributed by atoms with Crippen LogP contribution in [-0.4, -0.2) is 16.7 Å². The highest BCUT2D eigenvalue weighted by Crippen LogP contribution is 2.37. The number of nitro groups is 1. The molecule has 186 valence electrons. The third-order valence-electron chi connectivity index (χ3n) is 5.21. The van der Waals surface area contributed by atoms with Gasteiger partial charge in [-0.3, -0.25) is 19.7 Å². The van der Waals surface area contributed by atoms with Crippen molar-refractivity contribution in [3.63, 3.8) is 0 Å². The number of nitrogens with zero attached hydrogens (tertiary/aromatic N) is 1. The Labute approximate surface area is 220 Å². The number of non-ortho nitro benzene ring substituents is 1. The number of rotatable bonds is 8. The molecule has 0 saturated carbocycles. The first-order valence-electron chi connectivity index (χ1n) is 10.9. The van der Waals surface area contributed by atoms with Crippen LogP contribution in [0.5, 0.6) is 0 Å².